The Balaban J connectivity index is 1.67. The molecule has 0 radical (unpaired) electrons. The molecule has 2 unspecified atom stereocenters. The topological polar surface area (TPSA) is 24.5 Å². The van der Waals surface area contributed by atoms with Crippen molar-refractivity contribution < 1.29 is 4.74 Å². The summed E-state index contributed by atoms with van der Waals surface area (Å²) in [5.41, 5.74) is 0. The van der Waals surface area contributed by atoms with Crippen LogP contribution in [-0.2, 0) is 4.74 Å². The Morgan fingerprint density at radius 1 is 1.28 bits per heavy atom. The zero-order valence-electron chi connectivity index (χ0n) is 12.2. The number of nitrogens with one attached hydrogen (secondary N) is 1. The summed E-state index contributed by atoms with van der Waals surface area (Å²) in [6.45, 7) is 9.98. The number of nitrogens with zero attached hydrogens (tertiary/aromatic N) is 1. The molecule has 0 aromatic heterocycles. The van der Waals surface area contributed by atoms with Crippen LogP contribution in [0.5, 0.6) is 0 Å². The Morgan fingerprint density at radius 2 is 2.11 bits per heavy atom. The van der Waals surface area contributed by atoms with Gasteiger partial charge >= 0.3 is 0 Å². The molecule has 1 aliphatic heterocycles. The third kappa shape index (κ3) is 4.52. The molecular formula is C15H30N2O. The van der Waals surface area contributed by atoms with E-state index in [0.717, 1.165) is 32.2 Å². The lowest BCUT2D eigenvalue weighted by molar-refractivity contribution is 0.0589. The molecule has 0 aromatic rings. The Hall–Kier alpha value is -0.120. The molecule has 1 saturated heterocycles. The zero-order valence-corrected chi connectivity index (χ0v) is 12.2. The number of ether oxygens (including phenoxy) is 1. The van der Waals surface area contributed by atoms with E-state index in [9.17, 15) is 0 Å². The van der Waals surface area contributed by atoms with Crippen LogP contribution in [0.1, 0.15) is 46.0 Å². The number of piperazine rings is 1. The molecule has 106 valence electrons. The second kappa shape index (κ2) is 7.46. The summed E-state index contributed by atoms with van der Waals surface area (Å²) in [4.78, 5) is 2.64. The third-order valence-electron chi connectivity index (χ3n) is 4.30. The van der Waals surface area contributed by atoms with Crippen molar-refractivity contribution in [3.8, 4) is 0 Å². The van der Waals surface area contributed by atoms with Crippen LogP contribution in [0.4, 0.5) is 0 Å². The van der Waals surface area contributed by atoms with E-state index in [1.165, 1.54) is 38.6 Å². The van der Waals surface area contributed by atoms with Crippen molar-refractivity contribution in [1.29, 1.82) is 0 Å². The molecule has 1 N–H and O–H groups in total. The van der Waals surface area contributed by atoms with Crippen molar-refractivity contribution in [3.63, 3.8) is 0 Å². The van der Waals surface area contributed by atoms with Gasteiger partial charge in [-0.15, -0.1) is 0 Å². The third-order valence-corrected chi connectivity index (χ3v) is 4.30. The number of hydrogen-bond acceptors (Lipinski definition) is 3. The van der Waals surface area contributed by atoms with E-state index in [1.54, 1.807) is 0 Å². The van der Waals surface area contributed by atoms with Gasteiger partial charge in [-0.1, -0.05) is 20.3 Å². The standard InChI is InChI=1S/C15H30N2O/c1-3-5-14-11-17(15(4-2)10-16-14)8-9-18-12-13-6-7-13/h13-16H,3-12H2,1-2H3. The quantitative estimate of drug-likeness (QED) is 0.673. The predicted octanol–water partition coefficient (Wildman–Crippen LogP) is 2.27. The van der Waals surface area contributed by atoms with Crippen molar-refractivity contribution in [2.45, 2.75) is 58.0 Å². The van der Waals surface area contributed by atoms with Crippen molar-refractivity contribution in [2.75, 3.05) is 32.8 Å². The van der Waals surface area contributed by atoms with Crippen LogP contribution in [0.25, 0.3) is 0 Å². The summed E-state index contributed by atoms with van der Waals surface area (Å²) in [6.07, 6.45) is 6.61. The molecular weight excluding hydrogens is 224 g/mol. The van der Waals surface area contributed by atoms with E-state index in [0.29, 0.717) is 12.1 Å². The predicted molar refractivity (Wildman–Crippen MR) is 75.9 cm³/mol. The maximum atomic E-state index is 5.79. The van der Waals surface area contributed by atoms with Gasteiger partial charge in [0.2, 0.25) is 0 Å². The molecule has 2 fully saturated rings. The lowest BCUT2D eigenvalue weighted by atomic mass is 10.0. The van der Waals surface area contributed by atoms with E-state index in [2.05, 4.69) is 24.1 Å². The summed E-state index contributed by atoms with van der Waals surface area (Å²) >= 11 is 0. The SMILES string of the molecule is CCCC1CN(CCOCC2CC2)C(CC)CN1. The summed E-state index contributed by atoms with van der Waals surface area (Å²) in [7, 11) is 0. The maximum Gasteiger partial charge on any atom is 0.0593 e. The van der Waals surface area contributed by atoms with E-state index in [4.69, 9.17) is 4.74 Å². The molecule has 2 atom stereocenters. The van der Waals surface area contributed by atoms with E-state index in [1.807, 2.05) is 0 Å². The van der Waals surface area contributed by atoms with Gasteiger partial charge in [-0.3, -0.25) is 4.90 Å². The molecule has 18 heavy (non-hydrogen) atoms. The first-order valence-electron chi connectivity index (χ1n) is 7.88. The molecule has 2 rings (SSSR count). The monoisotopic (exact) mass is 254 g/mol. The minimum absolute atomic E-state index is 0.696. The van der Waals surface area contributed by atoms with Gasteiger partial charge in [0.15, 0.2) is 0 Å². The Bertz CT molecular complexity index is 231. The van der Waals surface area contributed by atoms with Crippen molar-refractivity contribution in [3.05, 3.63) is 0 Å². The highest BCUT2D eigenvalue weighted by Gasteiger charge is 2.26. The molecule has 2 aliphatic rings. The van der Waals surface area contributed by atoms with E-state index < -0.39 is 0 Å². The average molecular weight is 254 g/mol. The fourth-order valence-corrected chi connectivity index (χ4v) is 2.86. The molecule has 3 heteroatoms. The molecule has 0 bridgehead atoms. The highest BCUT2D eigenvalue weighted by atomic mass is 16.5. The molecule has 0 spiro atoms. The van der Waals surface area contributed by atoms with Gasteiger partial charge in [0, 0.05) is 38.3 Å². The highest BCUT2D eigenvalue weighted by Crippen LogP contribution is 2.28. The largest absolute Gasteiger partial charge is 0.380 e. The summed E-state index contributed by atoms with van der Waals surface area (Å²) in [6, 6.07) is 1.41. The molecule has 1 aliphatic carbocycles. The minimum atomic E-state index is 0.696. The fourth-order valence-electron chi connectivity index (χ4n) is 2.86. The van der Waals surface area contributed by atoms with Crippen molar-refractivity contribution in [1.82, 2.24) is 10.2 Å². The Kier molecular flexibility index (Phi) is 5.93. The first kappa shape index (κ1) is 14.3. The summed E-state index contributed by atoms with van der Waals surface area (Å²) < 4.78 is 5.79. The smallest absolute Gasteiger partial charge is 0.0593 e. The van der Waals surface area contributed by atoms with Crippen LogP contribution in [-0.4, -0.2) is 49.8 Å². The lowest BCUT2D eigenvalue weighted by Crippen LogP contribution is -2.56. The fraction of sp³-hybridized carbons (Fsp3) is 1.00. The zero-order chi connectivity index (χ0) is 12.8. The molecule has 1 heterocycles. The second-order valence-corrected chi connectivity index (χ2v) is 5.97. The Morgan fingerprint density at radius 3 is 2.78 bits per heavy atom. The summed E-state index contributed by atoms with van der Waals surface area (Å²) in [5.74, 6) is 0.892. The van der Waals surface area contributed by atoms with Gasteiger partial charge in [-0.2, -0.15) is 0 Å². The number of rotatable bonds is 8. The van der Waals surface area contributed by atoms with Gasteiger partial charge in [-0.25, -0.2) is 0 Å². The summed E-state index contributed by atoms with van der Waals surface area (Å²) in [5, 5.41) is 3.69. The van der Waals surface area contributed by atoms with Crippen LogP contribution >= 0.6 is 0 Å². The molecule has 1 saturated carbocycles. The maximum absolute atomic E-state index is 5.79. The van der Waals surface area contributed by atoms with Crippen LogP contribution in [0.3, 0.4) is 0 Å². The lowest BCUT2D eigenvalue weighted by Gasteiger charge is -2.40. The minimum Gasteiger partial charge on any atom is -0.380 e. The van der Waals surface area contributed by atoms with Crippen LogP contribution in [0, 0.1) is 5.92 Å². The van der Waals surface area contributed by atoms with Gasteiger partial charge in [0.1, 0.15) is 0 Å². The van der Waals surface area contributed by atoms with Crippen molar-refractivity contribution >= 4 is 0 Å². The van der Waals surface area contributed by atoms with Gasteiger partial charge < -0.3 is 10.1 Å². The molecule has 3 nitrogen and oxygen atoms in total. The second-order valence-electron chi connectivity index (χ2n) is 5.97. The molecule has 0 aromatic carbocycles. The Labute approximate surface area is 112 Å². The van der Waals surface area contributed by atoms with E-state index >= 15 is 0 Å². The normalized spacial score (nSPS) is 29.7. The number of hydrogen-bond donors (Lipinski definition) is 1. The van der Waals surface area contributed by atoms with E-state index in [-0.39, 0.29) is 0 Å². The highest BCUT2D eigenvalue weighted by molar-refractivity contribution is 4.85. The van der Waals surface area contributed by atoms with Crippen LogP contribution in [0.15, 0.2) is 0 Å². The van der Waals surface area contributed by atoms with Crippen LogP contribution in [0.2, 0.25) is 0 Å². The molecule has 0 amide bonds. The van der Waals surface area contributed by atoms with Gasteiger partial charge in [-0.05, 0) is 31.6 Å². The first-order valence-corrected chi connectivity index (χ1v) is 7.88. The van der Waals surface area contributed by atoms with Gasteiger partial charge in [0.05, 0.1) is 6.61 Å². The van der Waals surface area contributed by atoms with Crippen LogP contribution < -0.4 is 5.32 Å². The van der Waals surface area contributed by atoms with Gasteiger partial charge in [0.25, 0.3) is 0 Å². The average Bonchev–Trinajstić information content (AvgIpc) is 3.19. The first-order chi connectivity index (χ1) is 8.83. The van der Waals surface area contributed by atoms with Crippen molar-refractivity contribution in [2.24, 2.45) is 5.92 Å².